The fourth-order valence-corrected chi connectivity index (χ4v) is 2.02. The van der Waals surface area contributed by atoms with Gasteiger partial charge in [-0.2, -0.15) is 0 Å². The molecule has 0 bridgehead atoms. The van der Waals surface area contributed by atoms with Gasteiger partial charge >= 0.3 is 0 Å². The molecule has 0 radical (unpaired) electrons. The smallest absolute Gasteiger partial charge is 0.237 e. The maximum absolute atomic E-state index is 11.8. The first-order valence-corrected chi connectivity index (χ1v) is 6.73. The Hall–Kier alpha value is -1.81. The second-order valence-electron chi connectivity index (χ2n) is 5.14. The Morgan fingerprint density at radius 3 is 2.95 bits per heavy atom. The number of furan rings is 1. The SMILES string of the molecule is CC(NCc1cc2ccccc2o1)C(=O)NC1CC1. The summed E-state index contributed by atoms with van der Waals surface area (Å²) in [4.78, 5) is 11.8. The number of carbonyl (C=O) groups is 1. The molecule has 2 N–H and O–H groups in total. The minimum Gasteiger partial charge on any atom is -0.460 e. The van der Waals surface area contributed by atoms with Crippen LogP contribution in [0.4, 0.5) is 0 Å². The van der Waals surface area contributed by atoms with E-state index in [0.29, 0.717) is 12.6 Å². The molecule has 2 aromatic rings. The number of rotatable bonds is 5. The van der Waals surface area contributed by atoms with Crippen LogP contribution in [-0.2, 0) is 11.3 Å². The molecule has 0 aliphatic heterocycles. The van der Waals surface area contributed by atoms with E-state index >= 15 is 0 Å². The Labute approximate surface area is 112 Å². The van der Waals surface area contributed by atoms with Crippen LogP contribution in [0.5, 0.6) is 0 Å². The van der Waals surface area contributed by atoms with Crippen LogP contribution in [-0.4, -0.2) is 18.0 Å². The summed E-state index contributed by atoms with van der Waals surface area (Å²) in [7, 11) is 0. The molecule has 3 rings (SSSR count). The molecule has 1 aliphatic rings. The summed E-state index contributed by atoms with van der Waals surface area (Å²) in [5, 5.41) is 7.26. The maximum atomic E-state index is 11.8. The normalized spacial score (nSPS) is 16.5. The summed E-state index contributed by atoms with van der Waals surface area (Å²) in [5.41, 5.74) is 0.884. The third-order valence-electron chi connectivity index (χ3n) is 3.38. The van der Waals surface area contributed by atoms with Crippen molar-refractivity contribution in [1.29, 1.82) is 0 Å². The van der Waals surface area contributed by atoms with Gasteiger partial charge in [-0.1, -0.05) is 18.2 Å². The van der Waals surface area contributed by atoms with Crippen molar-refractivity contribution in [2.45, 2.75) is 38.4 Å². The number of hydrogen-bond donors (Lipinski definition) is 2. The third-order valence-corrected chi connectivity index (χ3v) is 3.38. The van der Waals surface area contributed by atoms with Gasteiger partial charge in [0.25, 0.3) is 0 Å². The number of nitrogens with one attached hydrogen (secondary N) is 2. The van der Waals surface area contributed by atoms with E-state index in [1.807, 2.05) is 37.3 Å². The number of fused-ring (bicyclic) bond motifs is 1. The molecule has 1 aliphatic carbocycles. The summed E-state index contributed by atoms with van der Waals surface area (Å²) in [6, 6.07) is 10.1. The van der Waals surface area contributed by atoms with Crippen LogP contribution in [0.25, 0.3) is 11.0 Å². The zero-order chi connectivity index (χ0) is 13.2. The van der Waals surface area contributed by atoms with Gasteiger partial charge in [0.15, 0.2) is 0 Å². The summed E-state index contributed by atoms with van der Waals surface area (Å²) >= 11 is 0. The van der Waals surface area contributed by atoms with Gasteiger partial charge in [-0.05, 0) is 31.9 Å². The van der Waals surface area contributed by atoms with E-state index in [1.54, 1.807) is 0 Å². The van der Waals surface area contributed by atoms with Gasteiger partial charge in [-0.15, -0.1) is 0 Å². The first-order chi connectivity index (χ1) is 9.22. The van der Waals surface area contributed by atoms with Crippen molar-refractivity contribution in [3.63, 3.8) is 0 Å². The lowest BCUT2D eigenvalue weighted by atomic mass is 10.2. The largest absolute Gasteiger partial charge is 0.460 e. The van der Waals surface area contributed by atoms with E-state index in [-0.39, 0.29) is 11.9 Å². The molecule has 1 atom stereocenters. The molecule has 4 heteroatoms. The van der Waals surface area contributed by atoms with Gasteiger partial charge in [0.05, 0.1) is 12.6 Å². The molecule has 4 nitrogen and oxygen atoms in total. The van der Waals surface area contributed by atoms with Gasteiger partial charge in [0, 0.05) is 11.4 Å². The van der Waals surface area contributed by atoms with E-state index in [9.17, 15) is 4.79 Å². The molecule has 0 saturated heterocycles. The van der Waals surface area contributed by atoms with Gasteiger partial charge < -0.3 is 9.73 Å². The van der Waals surface area contributed by atoms with Gasteiger partial charge in [0.2, 0.25) is 5.91 Å². The highest BCUT2D eigenvalue weighted by molar-refractivity contribution is 5.82. The molecular weight excluding hydrogens is 240 g/mol. The van der Waals surface area contributed by atoms with E-state index in [1.165, 1.54) is 0 Å². The van der Waals surface area contributed by atoms with Crippen molar-refractivity contribution in [3.8, 4) is 0 Å². The van der Waals surface area contributed by atoms with Crippen LogP contribution >= 0.6 is 0 Å². The van der Waals surface area contributed by atoms with Gasteiger partial charge in [-0.25, -0.2) is 0 Å². The van der Waals surface area contributed by atoms with Crippen LogP contribution < -0.4 is 10.6 Å². The fraction of sp³-hybridized carbons (Fsp3) is 0.400. The number of hydrogen-bond acceptors (Lipinski definition) is 3. The van der Waals surface area contributed by atoms with Crippen LogP contribution in [0.3, 0.4) is 0 Å². The molecule has 1 saturated carbocycles. The molecule has 1 unspecified atom stereocenters. The first kappa shape index (κ1) is 12.2. The number of carbonyl (C=O) groups excluding carboxylic acids is 1. The lowest BCUT2D eigenvalue weighted by molar-refractivity contribution is -0.122. The molecule has 1 aromatic heterocycles. The molecular formula is C15H18N2O2. The minimum absolute atomic E-state index is 0.0682. The average molecular weight is 258 g/mol. The lowest BCUT2D eigenvalue weighted by Gasteiger charge is -2.12. The van der Waals surface area contributed by atoms with E-state index in [2.05, 4.69) is 10.6 Å². The van der Waals surface area contributed by atoms with Crippen molar-refractivity contribution < 1.29 is 9.21 Å². The molecule has 1 fully saturated rings. The Morgan fingerprint density at radius 2 is 2.21 bits per heavy atom. The third kappa shape index (κ3) is 2.96. The molecule has 0 spiro atoms. The summed E-state index contributed by atoms with van der Waals surface area (Å²) in [6.07, 6.45) is 2.23. The molecule has 1 amide bonds. The van der Waals surface area contributed by atoms with E-state index < -0.39 is 0 Å². The quantitative estimate of drug-likeness (QED) is 0.864. The highest BCUT2D eigenvalue weighted by atomic mass is 16.3. The zero-order valence-corrected chi connectivity index (χ0v) is 11.0. The number of amides is 1. The second-order valence-corrected chi connectivity index (χ2v) is 5.14. The Balaban J connectivity index is 1.57. The first-order valence-electron chi connectivity index (χ1n) is 6.73. The van der Waals surface area contributed by atoms with E-state index in [0.717, 1.165) is 29.6 Å². The summed E-state index contributed by atoms with van der Waals surface area (Å²) < 4.78 is 5.70. The molecule has 1 aromatic carbocycles. The minimum atomic E-state index is -0.200. The summed E-state index contributed by atoms with van der Waals surface area (Å²) in [6.45, 7) is 2.44. The lowest BCUT2D eigenvalue weighted by Crippen LogP contribution is -2.42. The predicted octanol–water partition coefficient (Wildman–Crippen LogP) is 2.19. The second kappa shape index (κ2) is 5.05. The van der Waals surface area contributed by atoms with Crippen molar-refractivity contribution in [1.82, 2.24) is 10.6 Å². The Morgan fingerprint density at radius 1 is 1.42 bits per heavy atom. The van der Waals surface area contributed by atoms with Crippen molar-refractivity contribution in [2.24, 2.45) is 0 Å². The van der Waals surface area contributed by atoms with Crippen LogP contribution in [0.15, 0.2) is 34.7 Å². The highest BCUT2D eigenvalue weighted by Gasteiger charge is 2.25. The van der Waals surface area contributed by atoms with Crippen LogP contribution in [0, 0.1) is 0 Å². The standard InChI is InChI=1S/C15H18N2O2/c1-10(15(18)17-12-6-7-12)16-9-13-8-11-4-2-3-5-14(11)19-13/h2-5,8,10,12,16H,6-7,9H2,1H3,(H,17,18). The Kier molecular flexibility index (Phi) is 3.25. The number of benzene rings is 1. The zero-order valence-electron chi connectivity index (χ0n) is 11.0. The monoisotopic (exact) mass is 258 g/mol. The highest BCUT2D eigenvalue weighted by Crippen LogP contribution is 2.19. The van der Waals surface area contributed by atoms with Crippen LogP contribution in [0.1, 0.15) is 25.5 Å². The Bertz CT molecular complexity index is 554. The van der Waals surface area contributed by atoms with Crippen LogP contribution in [0.2, 0.25) is 0 Å². The van der Waals surface area contributed by atoms with Gasteiger partial charge in [0.1, 0.15) is 11.3 Å². The van der Waals surface area contributed by atoms with Crippen molar-refractivity contribution in [3.05, 3.63) is 36.1 Å². The average Bonchev–Trinajstić information content (AvgIpc) is 3.12. The van der Waals surface area contributed by atoms with E-state index in [4.69, 9.17) is 4.42 Å². The molecule has 1 heterocycles. The predicted molar refractivity (Wildman–Crippen MR) is 73.7 cm³/mol. The topological polar surface area (TPSA) is 54.3 Å². The van der Waals surface area contributed by atoms with Gasteiger partial charge in [-0.3, -0.25) is 10.1 Å². The number of para-hydroxylation sites is 1. The van der Waals surface area contributed by atoms with Crippen molar-refractivity contribution in [2.75, 3.05) is 0 Å². The van der Waals surface area contributed by atoms with Crippen molar-refractivity contribution >= 4 is 16.9 Å². The maximum Gasteiger partial charge on any atom is 0.237 e. The fourth-order valence-electron chi connectivity index (χ4n) is 2.02. The molecule has 19 heavy (non-hydrogen) atoms. The summed E-state index contributed by atoms with van der Waals surface area (Å²) in [5.74, 6) is 0.922. The molecule has 100 valence electrons.